The molecule has 0 amide bonds. The third-order valence-corrected chi connectivity index (χ3v) is 8.03. The monoisotopic (exact) mass is 613 g/mol. The van der Waals surface area contributed by atoms with Crippen LogP contribution in [0.5, 0.6) is 11.5 Å². The molecule has 5 nitrogen and oxygen atoms in total. The highest BCUT2D eigenvalue weighted by Crippen LogP contribution is 2.36. The summed E-state index contributed by atoms with van der Waals surface area (Å²) in [6, 6.07) is 19.0. The van der Waals surface area contributed by atoms with Crippen molar-refractivity contribution in [3.05, 3.63) is 95.1 Å². The molecule has 0 aromatic heterocycles. The van der Waals surface area contributed by atoms with E-state index in [0.29, 0.717) is 23.4 Å². The van der Waals surface area contributed by atoms with Gasteiger partial charge >= 0.3 is 0 Å². The van der Waals surface area contributed by atoms with Crippen LogP contribution in [-0.2, 0) is 22.9 Å². The number of allylic oxidation sites excluding steroid dienone is 1. The molecule has 1 aliphatic rings. The third-order valence-electron chi connectivity index (χ3n) is 6.70. The number of hydrogen-bond donors (Lipinski definition) is 0. The highest BCUT2D eigenvalue weighted by molar-refractivity contribution is 7.90. The van der Waals surface area contributed by atoms with Gasteiger partial charge in [-0.25, -0.2) is 0 Å². The van der Waals surface area contributed by atoms with Crippen LogP contribution in [0.3, 0.4) is 0 Å². The van der Waals surface area contributed by atoms with Crippen molar-refractivity contribution in [2.45, 2.75) is 84.6 Å². The van der Waals surface area contributed by atoms with Gasteiger partial charge in [0.15, 0.2) is 0 Å². The van der Waals surface area contributed by atoms with Gasteiger partial charge in [-0.05, 0) is 100 Å². The lowest BCUT2D eigenvalue weighted by Gasteiger charge is -2.33. The maximum atomic E-state index is 12.9. The summed E-state index contributed by atoms with van der Waals surface area (Å²) in [6.45, 7) is 18.8. The van der Waals surface area contributed by atoms with E-state index in [-0.39, 0.29) is 4.90 Å². The average Bonchev–Trinajstić information content (AvgIpc) is 3.00. The zero-order valence-electron chi connectivity index (χ0n) is 27.3. The molecule has 1 aliphatic heterocycles. The zero-order chi connectivity index (χ0) is 33.5. The van der Waals surface area contributed by atoms with E-state index in [0.717, 1.165) is 41.9 Å². The lowest BCUT2D eigenvalue weighted by molar-refractivity contribution is 0.111. The van der Waals surface area contributed by atoms with Crippen LogP contribution in [0, 0.1) is 32.6 Å². The molecule has 0 unspecified atom stereocenters. The molecule has 0 radical (unpaired) electrons. The summed E-state index contributed by atoms with van der Waals surface area (Å²) in [7, 11) is -3.80. The third kappa shape index (κ3) is 10.8. The largest absolute Gasteiger partial charge is 0.494 e. The van der Waals surface area contributed by atoms with Crippen LogP contribution in [0.4, 0.5) is 0 Å². The first-order chi connectivity index (χ1) is 20.9. The Morgan fingerprint density at radius 2 is 1.57 bits per heavy atom. The average molecular weight is 614 g/mol. The zero-order valence-corrected chi connectivity index (χ0v) is 28.1. The summed E-state index contributed by atoms with van der Waals surface area (Å²) in [5, 5.41) is 0. The van der Waals surface area contributed by atoms with Crippen molar-refractivity contribution in [2.24, 2.45) is 4.40 Å². The van der Waals surface area contributed by atoms with Crippen molar-refractivity contribution in [1.82, 2.24) is 0 Å². The Balaban J connectivity index is 0.000000478. The molecule has 6 heteroatoms. The van der Waals surface area contributed by atoms with E-state index in [4.69, 9.17) is 9.47 Å². The number of sulfonamides is 1. The van der Waals surface area contributed by atoms with Crippen molar-refractivity contribution >= 4 is 21.3 Å². The summed E-state index contributed by atoms with van der Waals surface area (Å²) < 4.78 is 41.5. The van der Waals surface area contributed by atoms with Crippen LogP contribution in [-0.4, -0.2) is 26.3 Å². The first kappa shape index (κ1) is 37.8. The summed E-state index contributed by atoms with van der Waals surface area (Å²) in [5.74, 6) is 1.66. The number of hydrogen-bond acceptors (Lipinski definition) is 4. The van der Waals surface area contributed by atoms with E-state index in [2.05, 4.69) is 68.7 Å². The predicted octanol–water partition coefficient (Wildman–Crippen LogP) is 8.87. The number of benzene rings is 3. The molecule has 0 spiro atoms. The Morgan fingerprint density at radius 3 is 2.09 bits per heavy atom. The van der Waals surface area contributed by atoms with Crippen LogP contribution in [0.2, 0.25) is 0 Å². The highest BCUT2D eigenvalue weighted by atomic mass is 32.2. The van der Waals surface area contributed by atoms with Crippen molar-refractivity contribution in [2.75, 3.05) is 6.61 Å². The summed E-state index contributed by atoms with van der Waals surface area (Å²) in [5.41, 5.74) is 6.28. The summed E-state index contributed by atoms with van der Waals surface area (Å²) >= 11 is 0. The second kappa shape index (κ2) is 17.8. The van der Waals surface area contributed by atoms with Gasteiger partial charge in [-0.1, -0.05) is 62.8 Å². The van der Waals surface area contributed by atoms with E-state index in [1.54, 1.807) is 12.1 Å². The smallest absolute Gasteiger partial charge is 0.282 e. The number of ether oxygens (including phenoxy) is 2. The fourth-order valence-corrected chi connectivity index (χ4v) is 5.63. The Morgan fingerprint density at radius 1 is 0.955 bits per heavy atom. The molecule has 234 valence electrons. The van der Waals surface area contributed by atoms with E-state index in [9.17, 15) is 8.42 Å². The van der Waals surface area contributed by atoms with E-state index in [1.807, 2.05) is 65.0 Å². The van der Waals surface area contributed by atoms with E-state index >= 15 is 0 Å². The van der Waals surface area contributed by atoms with Crippen molar-refractivity contribution < 1.29 is 17.9 Å². The molecule has 0 saturated carbocycles. The van der Waals surface area contributed by atoms with Gasteiger partial charge in [-0.15, -0.1) is 25.7 Å². The molecule has 44 heavy (non-hydrogen) atoms. The predicted molar refractivity (Wildman–Crippen MR) is 186 cm³/mol. The molecule has 0 saturated heterocycles. The number of nitrogens with zero attached hydrogens (tertiary/aromatic N) is 1. The van der Waals surface area contributed by atoms with Crippen molar-refractivity contribution in [3.8, 4) is 37.2 Å². The second-order valence-electron chi connectivity index (χ2n) is 10.8. The topological polar surface area (TPSA) is 65.0 Å². The van der Waals surface area contributed by atoms with E-state index < -0.39 is 15.6 Å². The Hall–Kier alpha value is -4.26. The minimum atomic E-state index is -3.80. The quantitative estimate of drug-likeness (QED) is 0.238. The molecule has 1 heterocycles. The molecule has 0 fully saturated rings. The normalized spacial score (nSPS) is 13.7. The van der Waals surface area contributed by atoms with Gasteiger partial charge < -0.3 is 9.47 Å². The van der Waals surface area contributed by atoms with Gasteiger partial charge in [0, 0.05) is 12.0 Å². The Labute approximate surface area is 266 Å². The first-order valence-electron chi connectivity index (χ1n) is 14.7. The van der Waals surface area contributed by atoms with Gasteiger partial charge in [0.25, 0.3) is 10.0 Å². The van der Waals surface area contributed by atoms with Crippen LogP contribution in [0.1, 0.15) is 82.2 Å². The Kier molecular flexibility index (Phi) is 15.2. The van der Waals surface area contributed by atoms with Crippen LogP contribution >= 0.6 is 0 Å². The van der Waals surface area contributed by atoms with Gasteiger partial charge in [0.1, 0.15) is 17.1 Å². The maximum absolute atomic E-state index is 12.9. The van der Waals surface area contributed by atoms with Crippen LogP contribution in [0.15, 0.2) is 76.5 Å². The Bertz CT molecular complexity index is 1550. The number of terminal acetylenes is 2. The molecule has 0 bridgehead atoms. The van der Waals surface area contributed by atoms with Crippen molar-refractivity contribution in [3.63, 3.8) is 0 Å². The fourth-order valence-electron chi connectivity index (χ4n) is 4.59. The highest BCUT2D eigenvalue weighted by Gasteiger charge is 2.32. The maximum Gasteiger partial charge on any atom is 0.282 e. The lowest BCUT2D eigenvalue weighted by atomic mass is 9.91. The summed E-state index contributed by atoms with van der Waals surface area (Å²) in [4.78, 5) is 0.203. The van der Waals surface area contributed by atoms with Crippen molar-refractivity contribution in [1.29, 1.82) is 0 Å². The molecule has 0 aliphatic carbocycles. The minimum Gasteiger partial charge on any atom is -0.494 e. The SMILES string of the molecule is C#C.C#C.C=C(C)c1ccc2c(c1)/C(=N/S(=O)(=O)c1ccc(CC)cc1)CC(C)(C)O2.CCCc1ccc(OCC)c(C)c1. The summed E-state index contributed by atoms with van der Waals surface area (Å²) in [6.07, 6.45) is 19.6. The fraction of sp³-hybridized carbons (Fsp3) is 0.342. The van der Waals surface area contributed by atoms with Crippen LogP contribution in [0.25, 0.3) is 5.57 Å². The molecule has 3 aromatic rings. The standard InChI is InChI=1S/C22H25NO3S.C12H18O.2C2H2/c1-6-16-7-10-18(11-8-16)27(24,25)23-20-14-22(4,5)26-21-12-9-17(15(2)3)13-19(20)21;1-4-6-11-7-8-12(13-5-2)10(3)9-11;2*1-2/h7-13H,2,6,14H2,1,3-5H3;7-9H,4-6H2,1-3H3;2*1-2H/b23-20+;;;. The van der Waals surface area contributed by atoms with Gasteiger partial charge in [-0.3, -0.25) is 0 Å². The first-order valence-corrected chi connectivity index (χ1v) is 16.1. The molecular formula is C38H47NO4S. The number of fused-ring (bicyclic) bond motifs is 1. The van der Waals surface area contributed by atoms with E-state index in [1.165, 1.54) is 17.5 Å². The van der Waals surface area contributed by atoms with Gasteiger partial charge in [0.05, 0.1) is 17.2 Å². The van der Waals surface area contributed by atoms with Gasteiger partial charge in [-0.2, -0.15) is 12.8 Å². The number of aryl methyl sites for hydroxylation is 3. The lowest BCUT2D eigenvalue weighted by Crippen LogP contribution is -2.36. The van der Waals surface area contributed by atoms with Gasteiger partial charge in [0.2, 0.25) is 0 Å². The minimum absolute atomic E-state index is 0.203. The molecule has 3 aromatic carbocycles. The van der Waals surface area contributed by atoms with Crippen LogP contribution < -0.4 is 9.47 Å². The molecular weight excluding hydrogens is 566 g/mol. The second-order valence-corrected chi connectivity index (χ2v) is 12.4. The molecule has 4 rings (SSSR count). The molecule has 0 N–H and O–H groups in total. The molecule has 0 atom stereocenters. The number of rotatable bonds is 8.